The molecule has 0 aliphatic rings. The first-order chi connectivity index (χ1) is 7.68. The Hall–Kier alpha value is -0.900. The molecular formula is C12H13ClN2S. The zero-order valence-corrected chi connectivity index (χ0v) is 10.5. The average Bonchev–Trinajstić information content (AvgIpc) is 2.75. The second kappa shape index (κ2) is 4.95. The number of pyridine rings is 1. The quantitative estimate of drug-likeness (QED) is 0.907. The van der Waals surface area contributed by atoms with Gasteiger partial charge in [-0.2, -0.15) is 0 Å². The summed E-state index contributed by atoms with van der Waals surface area (Å²) in [4.78, 5) is 5.12. The predicted molar refractivity (Wildman–Crippen MR) is 68.9 cm³/mol. The van der Waals surface area contributed by atoms with Crippen LogP contribution in [0, 0.1) is 0 Å². The van der Waals surface area contributed by atoms with E-state index in [9.17, 15) is 0 Å². The fourth-order valence-electron chi connectivity index (χ4n) is 1.63. The van der Waals surface area contributed by atoms with E-state index in [1.165, 1.54) is 5.56 Å². The highest BCUT2D eigenvalue weighted by Crippen LogP contribution is 2.33. The summed E-state index contributed by atoms with van der Waals surface area (Å²) >= 11 is 7.45. The molecule has 2 atom stereocenters. The van der Waals surface area contributed by atoms with Crippen LogP contribution in [-0.4, -0.2) is 4.98 Å². The van der Waals surface area contributed by atoms with Gasteiger partial charge in [-0.25, -0.2) is 0 Å². The summed E-state index contributed by atoms with van der Waals surface area (Å²) in [7, 11) is 0. The summed E-state index contributed by atoms with van der Waals surface area (Å²) in [6.45, 7) is 2.12. The molecule has 0 saturated carbocycles. The van der Waals surface area contributed by atoms with E-state index in [4.69, 9.17) is 17.3 Å². The van der Waals surface area contributed by atoms with Crippen LogP contribution in [0.4, 0.5) is 0 Å². The second-order valence-corrected chi connectivity index (χ2v) is 5.48. The maximum absolute atomic E-state index is 6.22. The Morgan fingerprint density at radius 1 is 1.25 bits per heavy atom. The number of nitrogens with zero attached hydrogens (tertiary/aromatic N) is 1. The van der Waals surface area contributed by atoms with E-state index in [2.05, 4.69) is 11.9 Å². The maximum atomic E-state index is 6.22. The lowest BCUT2D eigenvalue weighted by Crippen LogP contribution is -2.16. The Balaban J connectivity index is 2.19. The lowest BCUT2D eigenvalue weighted by atomic mass is 9.94. The molecule has 0 aliphatic carbocycles. The SMILES string of the molecule is CC(c1ccncc1)C(N)c1ccc(Cl)s1. The third kappa shape index (κ3) is 2.43. The smallest absolute Gasteiger partial charge is 0.0931 e. The van der Waals surface area contributed by atoms with Gasteiger partial charge in [-0.3, -0.25) is 4.98 Å². The Morgan fingerprint density at radius 2 is 1.94 bits per heavy atom. The van der Waals surface area contributed by atoms with Gasteiger partial charge in [0.05, 0.1) is 4.34 Å². The molecule has 0 aliphatic heterocycles. The molecule has 2 N–H and O–H groups in total. The van der Waals surface area contributed by atoms with Crippen molar-refractivity contribution in [1.82, 2.24) is 4.98 Å². The molecule has 0 bridgehead atoms. The molecule has 0 amide bonds. The fraction of sp³-hybridized carbons (Fsp3) is 0.250. The first kappa shape index (κ1) is 11.6. The Labute approximate surface area is 104 Å². The molecular weight excluding hydrogens is 240 g/mol. The summed E-state index contributed by atoms with van der Waals surface area (Å²) in [5, 5.41) is 0. The zero-order chi connectivity index (χ0) is 11.5. The van der Waals surface area contributed by atoms with Gasteiger partial charge < -0.3 is 5.73 Å². The normalized spacial score (nSPS) is 14.7. The largest absolute Gasteiger partial charge is 0.323 e. The number of rotatable bonds is 3. The van der Waals surface area contributed by atoms with Crippen molar-refractivity contribution >= 4 is 22.9 Å². The summed E-state index contributed by atoms with van der Waals surface area (Å²) in [6, 6.07) is 7.87. The van der Waals surface area contributed by atoms with Gasteiger partial charge in [0, 0.05) is 29.2 Å². The van der Waals surface area contributed by atoms with Crippen molar-refractivity contribution in [3.63, 3.8) is 0 Å². The molecule has 0 fully saturated rings. The van der Waals surface area contributed by atoms with Gasteiger partial charge in [-0.1, -0.05) is 18.5 Å². The Kier molecular flexibility index (Phi) is 3.59. The lowest BCUT2D eigenvalue weighted by Gasteiger charge is -2.18. The molecule has 16 heavy (non-hydrogen) atoms. The summed E-state index contributed by atoms with van der Waals surface area (Å²) in [5.74, 6) is 0.262. The van der Waals surface area contributed by atoms with Crippen molar-refractivity contribution in [2.24, 2.45) is 5.73 Å². The van der Waals surface area contributed by atoms with Crippen LogP contribution in [0.15, 0.2) is 36.7 Å². The van der Waals surface area contributed by atoms with Crippen molar-refractivity contribution in [3.8, 4) is 0 Å². The van der Waals surface area contributed by atoms with E-state index in [-0.39, 0.29) is 12.0 Å². The van der Waals surface area contributed by atoms with E-state index in [0.29, 0.717) is 0 Å². The van der Waals surface area contributed by atoms with Gasteiger partial charge in [0.25, 0.3) is 0 Å². The van der Waals surface area contributed by atoms with Gasteiger partial charge >= 0.3 is 0 Å². The number of hydrogen-bond acceptors (Lipinski definition) is 3. The molecule has 0 spiro atoms. The fourth-order valence-corrected chi connectivity index (χ4v) is 2.80. The number of aromatic nitrogens is 1. The minimum atomic E-state index is -0.0140. The summed E-state index contributed by atoms with van der Waals surface area (Å²) < 4.78 is 0.785. The molecule has 2 aromatic rings. The van der Waals surface area contributed by atoms with Gasteiger partial charge in [-0.15, -0.1) is 11.3 Å². The molecule has 4 heteroatoms. The van der Waals surface area contributed by atoms with Crippen molar-refractivity contribution < 1.29 is 0 Å². The monoisotopic (exact) mass is 252 g/mol. The maximum Gasteiger partial charge on any atom is 0.0931 e. The standard InChI is InChI=1S/C12H13ClN2S/c1-8(9-4-6-15-7-5-9)12(14)10-2-3-11(13)16-10/h2-8,12H,14H2,1H3. The van der Waals surface area contributed by atoms with E-state index in [0.717, 1.165) is 9.21 Å². The van der Waals surface area contributed by atoms with Crippen LogP contribution < -0.4 is 5.73 Å². The highest BCUT2D eigenvalue weighted by molar-refractivity contribution is 7.16. The van der Waals surface area contributed by atoms with Crippen molar-refractivity contribution in [2.75, 3.05) is 0 Å². The third-order valence-electron chi connectivity index (χ3n) is 2.69. The van der Waals surface area contributed by atoms with Crippen LogP contribution in [0.1, 0.15) is 29.3 Å². The highest BCUT2D eigenvalue weighted by atomic mass is 35.5. The second-order valence-electron chi connectivity index (χ2n) is 3.74. The number of nitrogens with two attached hydrogens (primary N) is 1. The number of thiophene rings is 1. The molecule has 2 nitrogen and oxygen atoms in total. The van der Waals surface area contributed by atoms with Crippen LogP contribution in [0.2, 0.25) is 4.34 Å². The van der Waals surface area contributed by atoms with Crippen molar-refractivity contribution in [1.29, 1.82) is 0 Å². The number of halogens is 1. The molecule has 84 valence electrons. The van der Waals surface area contributed by atoms with Crippen LogP contribution in [0.3, 0.4) is 0 Å². The van der Waals surface area contributed by atoms with Crippen molar-refractivity contribution in [2.45, 2.75) is 18.9 Å². The van der Waals surface area contributed by atoms with E-state index >= 15 is 0 Å². The minimum absolute atomic E-state index is 0.0140. The molecule has 2 aromatic heterocycles. The van der Waals surface area contributed by atoms with Gasteiger partial charge in [-0.05, 0) is 29.8 Å². The topological polar surface area (TPSA) is 38.9 Å². The summed E-state index contributed by atoms with van der Waals surface area (Å²) in [6.07, 6.45) is 3.58. The Bertz CT molecular complexity index is 455. The van der Waals surface area contributed by atoms with E-state index in [1.807, 2.05) is 24.3 Å². The van der Waals surface area contributed by atoms with Crippen LogP contribution in [0.5, 0.6) is 0 Å². The van der Waals surface area contributed by atoms with Crippen LogP contribution >= 0.6 is 22.9 Å². The minimum Gasteiger partial charge on any atom is -0.323 e. The van der Waals surface area contributed by atoms with Gasteiger partial charge in [0.2, 0.25) is 0 Å². The average molecular weight is 253 g/mol. The van der Waals surface area contributed by atoms with Crippen LogP contribution in [0.25, 0.3) is 0 Å². The molecule has 2 heterocycles. The highest BCUT2D eigenvalue weighted by Gasteiger charge is 2.18. The third-order valence-corrected chi connectivity index (χ3v) is 4.03. The molecule has 2 rings (SSSR count). The molecule has 0 saturated heterocycles. The predicted octanol–water partition coefficient (Wildman–Crippen LogP) is 3.60. The molecule has 0 aromatic carbocycles. The van der Waals surface area contributed by atoms with E-state index < -0.39 is 0 Å². The van der Waals surface area contributed by atoms with E-state index in [1.54, 1.807) is 23.7 Å². The number of hydrogen-bond donors (Lipinski definition) is 1. The molecule has 2 unspecified atom stereocenters. The Morgan fingerprint density at radius 3 is 2.50 bits per heavy atom. The van der Waals surface area contributed by atoms with Crippen LogP contribution in [-0.2, 0) is 0 Å². The van der Waals surface area contributed by atoms with Gasteiger partial charge in [0.15, 0.2) is 0 Å². The van der Waals surface area contributed by atoms with Gasteiger partial charge in [0.1, 0.15) is 0 Å². The first-order valence-electron chi connectivity index (χ1n) is 5.09. The zero-order valence-electron chi connectivity index (χ0n) is 8.93. The summed E-state index contributed by atoms with van der Waals surface area (Å²) in [5.41, 5.74) is 7.42. The first-order valence-corrected chi connectivity index (χ1v) is 6.28. The van der Waals surface area contributed by atoms with Crippen molar-refractivity contribution in [3.05, 3.63) is 51.4 Å². The lowest BCUT2D eigenvalue weighted by molar-refractivity contribution is 0.607. The molecule has 0 radical (unpaired) electrons.